The quantitative estimate of drug-likeness (QED) is 0.582. The molecule has 4 rings (SSSR count). The molecule has 1 aromatic carbocycles. The molecule has 2 heterocycles. The standard InChI is InChI=1S/C23H32N4O3.C3H8.2C2H2/c1-13-6-7-15-17(10-23(4,5)30-18(15)8-13)25-20(29)16-9-14(16)12-27-19(28)11-22(2,3)26-21(27)24;1-3-2;2*1-2/h6-8,14,16-17H,9-12H2,1-5H3,(H2,24,26)(H,25,29);3H2,1-2H3;2*1-2H/t14-,16?,17+;;;/m1.../s1. The van der Waals surface area contributed by atoms with Crippen LogP contribution < -0.4 is 15.8 Å². The molecule has 0 spiro atoms. The van der Waals surface area contributed by atoms with Gasteiger partial charge in [0.25, 0.3) is 0 Å². The van der Waals surface area contributed by atoms with E-state index in [0.717, 1.165) is 23.3 Å². The number of aliphatic imine (C=N–C) groups is 1. The first-order chi connectivity index (χ1) is 17.4. The summed E-state index contributed by atoms with van der Waals surface area (Å²) in [5.41, 5.74) is 7.38. The SMILES string of the molecule is C#C.C#C.CCC.Cc1ccc2c(c1)OC(C)(C)C[C@@H]2NC(=O)C1C[C@@H]1CN1C(=O)CC(C)(C)N=C1N. The summed E-state index contributed by atoms with van der Waals surface area (Å²) in [5, 5.41) is 3.23. The normalized spacial score (nSPS) is 24.0. The molecule has 202 valence electrons. The average Bonchev–Trinajstić information content (AvgIpc) is 3.57. The van der Waals surface area contributed by atoms with E-state index in [2.05, 4.69) is 49.9 Å². The Morgan fingerprint density at radius 2 is 1.78 bits per heavy atom. The van der Waals surface area contributed by atoms with Crippen LogP contribution in [0, 0.1) is 44.5 Å². The van der Waals surface area contributed by atoms with E-state index in [4.69, 9.17) is 10.5 Å². The zero-order chi connectivity index (χ0) is 28.6. The number of carbonyl (C=O) groups excluding carboxylic acids is 2. The summed E-state index contributed by atoms with van der Waals surface area (Å²) in [6.45, 7) is 14.6. The minimum atomic E-state index is -0.459. The van der Waals surface area contributed by atoms with Crippen LogP contribution in [0.25, 0.3) is 0 Å². The van der Waals surface area contributed by atoms with E-state index >= 15 is 0 Å². The molecule has 2 aliphatic heterocycles. The van der Waals surface area contributed by atoms with Gasteiger partial charge in [0.15, 0.2) is 5.96 Å². The van der Waals surface area contributed by atoms with Crippen molar-refractivity contribution in [1.82, 2.24) is 10.2 Å². The van der Waals surface area contributed by atoms with Gasteiger partial charge in [-0.3, -0.25) is 14.5 Å². The molecule has 3 aliphatic rings. The van der Waals surface area contributed by atoms with Gasteiger partial charge >= 0.3 is 0 Å². The van der Waals surface area contributed by atoms with Gasteiger partial charge in [0.2, 0.25) is 11.8 Å². The maximum absolute atomic E-state index is 13.0. The topological polar surface area (TPSA) is 97.0 Å². The largest absolute Gasteiger partial charge is 0.487 e. The first-order valence-electron chi connectivity index (χ1n) is 12.8. The third-order valence-corrected chi connectivity index (χ3v) is 6.20. The summed E-state index contributed by atoms with van der Waals surface area (Å²) in [5.74, 6) is 1.14. The molecule has 1 aliphatic carbocycles. The molecule has 1 saturated carbocycles. The lowest BCUT2D eigenvalue weighted by molar-refractivity contribution is -0.130. The number of nitrogens with one attached hydrogen (secondary N) is 1. The van der Waals surface area contributed by atoms with Crippen LogP contribution in [0.3, 0.4) is 0 Å². The number of guanidine groups is 1. The van der Waals surface area contributed by atoms with E-state index < -0.39 is 5.54 Å². The van der Waals surface area contributed by atoms with Crippen LogP contribution in [-0.2, 0) is 9.59 Å². The van der Waals surface area contributed by atoms with Crippen molar-refractivity contribution in [3.05, 3.63) is 29.3 Å². The van der Waals surface area contributed by atoms with Crippen LogP contribution in [0.5, 0.6) is 5.75 Å². The van der Waals surface area contributed by atoms with Crippen molar-refractivity contribution in [2.24, 2.45) is 22.6 Å². The van der Waals surface area contributed by atoms with E-state index in [1.54, 1.807) is 4.90 Å². The van der Waals surface area contributed by atoms with E-state index in [1.807, 2.05) is 52.8 Å². The zero-order valence-corrected chi connectivity index (χ0v) is 23.5. The lowest BCUT2D eigenvalue weighted by atomic mass is 9.89. The van der Waals surface area contributed by atoms with Crippen LogP contribution in [0.1, 0.15) is 84.4 Å². The Morgan fingerprint density at radius 1 is 1.19 bits per heavy atom. The number of terminal acetylenes is 2. The molecular weight excluding hydrogens is 464 g/mol. The monoisotopic (exact) mass is 508 g/mol. The smallest absolute Gasteiger partial charge is 0.231 e. The molecular formula is C30H44N4O3. The molecule has 0 saturated heterocycles. The number of hydrogen-bond donors (Lipinski definition) is 2. The third-order valence-electron chi connectivity index (χ3n) is 6.20. The minimum absolute atomic E-state index is 0.0194. The highest BCUT2D eigenvalue weighted by molar-refractivity contribution is 5.99. The third kappa shape index (κ3) is 8.57. The maximum Gasteiger partial charge on any atom is 0.231 e. The first kappa shape index (κ1) is 31.6. The van der Waals surface area contributed by atoms with Gasteiger partial charge < -0.3 is 15.8 Å². The molecule has 7 heteroatoms. The van der Waals surface area contributed by atoms with Crippen LogP contribution in [0.15, 0.2) is 23.2 Å². The van der Waals surface area contributed by atoms with Crippen molar-refractivity contribution in [3.63, 3.8) is 0 Å². The Labute approximate surface area is 223 Å². The zero-order valence-electron chi connectivity index (χ0n) is 23.5. The van der Waals surface area contributed by atoms with E-state index in [1.165, 1.54) is 6.42 Å². The molecule has 1 fully saturated rings. The lowest BCUT2D eigenvalue weighted by Crippen LogP contribution is -2.50. The van der Waals surface area contributed by atoms with E-state index in [9.17, 15) is 9.59 Å². The van der Waals surface area contributed by atoms with Crippen molar-refractivity contribution in [2.45, 2.75) is 91.3 Å². The van der Waals surface area contributed by atoms with Crippen molar-refractivity contribution >= 4 is 17.8 Å². The van der Waals surface area contributed by atoms with Gasteiger partial charge in [0.1, 0.15) is 11.4 Å². The van der Waals surface area contributed by atoms with Crippen LogP contribution in [0.4, 0.5) is 0 Å². The number of amides is 2. The Morgan fingerprint density at radius 3 is 2.35 bits per heavy atom. The number of rotatable bonds is 4. The molecule has 37 heavy (non-hydrogen) atoms. The first-order valence-corrected chi connectivity index (χ1v) is 12.8. The molecule has 3 atom stereocenters. The number of fused-ring (bicyclic) bond motifs is 1. The number of hydrogen-bond acceptors (Lipinski definition) is 5. The Hall–Kier alpha value is -3.45. The fourth-order valence-corrected chi connectivity index (χ4v) is 4.57. The fourth-order valence-electron chi connectivity index (χ4n) is 4.57. The second kappa shape index (κ2) is 13.2. The summed E-state index contributed by atoms with van der Waals surface area (Å²) in [6.07, 6.45) is 19.1. The Bertz CT molecular complexity index is 1020. The molecule has 1 unspecified atom stereocenters. The lowest BCUT2D eigenvalue weighted by Gasteiger charge is -2.38. The summed E-state index contributed by atoms with van der Waals surface area (Å²) in [6, 6.07) is 6.04. The van der Waals surface area contributed by atoms with Crippen molar-refractivity contribution in [1.29, 1.82) is 0 Å². The molecule has 3 N–H and O–H groups in total. The molecule has 0 radical (unpaired) electrons. The number of nitrogens with two attached hydrogens (primary N) is 1. The summed E-state index contributed by atoms with van der Waals surface area (Å²) >= 11 is 0. The number of nitrogens with zero attached hydrogens (tertiary/aromatic N) is 2. The van der Waals surface area contributed by atoms with Crippen LogP contribution >= 0.6 is 0 Å². The number of benzene rings is 1. The van der Waals surface area contributed by atoms with Gasteiger partial charge in [0, 0.05) is 24.4 Å². The van der Waals surface area contributed by atoms with E-state index in [-0.39, 0.29) is 41.3 Å². The van der Waals surface area contributed by atoms with Gasteiger partial charge in [-0.15, -0.1) is 25.7 Å². The highest BCUT2D eigenvalue weighted by Crippen LogP contribution is 2.43. The Kier molecular flexibility index (Phi) is 11.3. The predicted molar refractivity (Wildman–Crippen MR) is 151 cm³/mol. The molecule has 0 bridgehead atoms. The van der Waals surface area contributed by atoms with Crippen molar-refractivity contribution in [2.75, 3.05) is 6.54 Å². The van der Waals surface area contributed by atoms with Crippen molar-refractivity contribution in [3.8, 4) is 31.4 Å². The second-order valence-corrected chi connectivity index (χ2v) is 10.9. The average molecular weight is 509 g/mol. The molecule has 7 nitrogen and oxygen atoms in total. The highest BCUT2D eigenvalue weighted by Gasteiger charge is 2.47. The van der Waals surface area contributed by atoms with Crippen LogP contribution in [0.2, 0.25) is 0 Å². The number of ether oxygens (including phenoxy) is 1. The molecule has 0 aromatic heterocycles. The van der Waals surface area contributed by atoms with Gasteiger partial charge in [-0.05, 0) is 58.6 Å². The predicted octanol–water partition coefficient (Wildman–Crippen LogP) is 4.59. The summed E-state index contributed by atoms with van der Waals surface area (Å²) < 4.78 is 6.13. The fraction of sp³-hybridized carbons (Fsp3) is 0.567. The van der Waals surface area contributed by atoms with E-state index in [0.29, 0.717) is 19.4 Å². The molecule has 2 amide bonds. The van der Waals surface area contributed by atoms with Gasteiger partial charge in [-0.1, -0.05) is 32.4 Å². The summed E-state index contributed by atoms with van der Waals surface area (Å²) in [4.78, 5) is 31.4. The number of carbonyl (C=O) groups is 2. The molecule has 1 aromatic rings. The Balaban J connectivity index is 0.000000894. The summed E-state index contributed by atoms with van der Waals surface area (Å²) in [7, 11) is 0. The number of aryl methyl sites for hydroxylation is 1. The van der Waals surface area contributed by atoms with Gasteiger partial charge in [-0.25, -0.2) is 4.99 Å². The van der Waals surface area contributed by atoms with Gasteiger partial charge in [-0.2, -0.15) is 0 Å². The highest BCUT2D eigenvalue weighted by atomic mass is 16.5. The minimum Gasteiger partial charge on any atom is -0.487 e. The maximum atomic E-state index is 13.0. The van der Waals surface area contributed by atoms with Crippen molar-refractivity contribution < 1.29 is 14.3 Å². The van der Waals surface area contributed by atoms with Crippen LogP contribution in [-0.4, -0.2) is 40.4 Å². The van der Waals surface area contributed by atoms with Gasteiger partial charge in [0.05, 0.1) is 18.0 Å². The second-order valence-electron chi connectivity index (χ2n) is 10.9.